The molecule has 0 saturated carbocycles. The number of carbonyl (C=O) groups excluding carboxylic acids is 1. The van der Waals surface area contributed by atoms with Crippen LogP contribution in [0.25, 0.3) is 11.3 Å². The Hall–Kier alpha value is -2.30. The third kappa shape index (κ3) is 2.13. The number of anilines is 1. The summed E-state index contributed by atoms with van der Waals surface area (Å²) in [4.78, 5) is 15.4. The van der Waals surface area contributed by atoms with Gasteiger partial charge in [-0.15, -0.1) is 0 Å². The number of Topliss-reactive ketones (excluding diaryl/α,β-unsaturated/α-hetero) is 1. The molecule has 1 heterocycles. The predicted molar refractivity (Wildman–Crippen MR) is 62.9 cm³/mol. The number of methoxy groups -OCH3 is 1. The quantitative estimate of drug-likeness (QED) is 0.820. The van der Waals surface area contributed by atoms with Crippen molar-refractivity contribution in [3.63, 3.8) is 0 Å². The third-order valence-electron chi connectivity index (χ3n) is 2.33. The zero-order chi connectivity index (χ0) is 12.4. The van der Waals surface area contributed by atoms with Crippen LogP contribution in [0.15, 0.2) is 28.7 Å². The van der Waals surface area contributed by atoms with Gasteiger partial charge in [0, 0.05) is 12.5 Å². The first kappa shape index (κ1) is 11.2. The molecule has 0 radical (unpaired) electrons. The van der Waals surface area contributed by atoms with Crippen molar-refractivity contribution in [1.29, 1.82) is 0 Å². The Morgan fingerprint density at radius 3 is 2.53 bits per heavy atom. The fourth-order valence-corrected chi connectivity index (χ4v) is 1.52. The lowest BCUT2D eigenvalue weighted by atomic mass is 10.1. The zero-order valence-corrected chi connectivity index (χ0v) is 9.56. The van der Waals surface area contributed by atoms with Gasteiger partial charge in [-0.05, 0) is 24.3 Å². The van der Waals surface area contributed by atoms with E-state index < -0.39 is 0 Å². The number of carbonyl (C=O) groups is 1. The van der Waals surface area contributed by atoms with Gasteiger partial charge in [-0.3, -0.25) is 4.79 Å². The van der Waals surface area contributed by atoms with E-state index in [1.54, 1.807) is 31.4 Å². The molecule has 5 nitrogen and oxygen atoms in total. The van der Waals surface area contributed by atoms with Gasteiger partial charge >= 0.3 is 0 Å². The van der Waals surface area contributed by atoms with E-state index in [1.807, 2.05) is 0 Å². The average molecular weight is 232 g/mol. The van der Waals surface area contributed by atoms with Crippen LogP contribution in [0, 0.1) is 0 Å². The van der Waals surface area contributed by atoms with Crippen LogP contribution >= 0.6 is 0 Å². The number of ether oxygens (including phenoxy) is 1. The van der Waals surface area contributed by atoms with Crippen molar-refractivity contribution in [3.8, 4) is 17.0 Å². The molecule has 0 aliphatic rings. The number of benzene rings is 1. The summed E-state index contributed by atoms with van der Waals surface area (Å²) in [5.41, 5.74) is 6.67. The van der Waals surface area contributed by atoms with Crippen molar-refractivity contribution >= 4 is 11.8 Å². The van der Waals surface area contributed by atoms with Gasteiger partial charge in [-0.2, -0.15) is 4.98 Å². The number of nitrogens with two attached hydrogens (primary N) is 1. The second-order valence-electron chi connectivity index (χ2n) is 3.51. The molecule has 88 valence electrons. The molecule has 0 aliphatic carbocycles. The van der Waals surface area contributed by atoms with Crippen molar-refractivity contribution < 1.29 is 13.9 Å². The maximum Gasteiger partial charge on any atom is 0.293 e. The van der Waals surface area contributed by atoms with Gasteiger partial charge in [0.2, 0.25) is 0 Å². The summed E-state index contributed by atoms with van der Waals surface area (Å²) < 4.78 is 10.1. The summed E-state index contributed by atoms with van der Waals surface area (Å²) in [6.07, 6.45) is 0. The van der Waals surface area contributed by atoms with E-state index in [-0.39, 0.29) is 17.6 Å². The second kappa shape index (κ2) is 4.29. The SMILES string of the molecule is COc1ccc(-c2nc(N)oc2C(C)=O)cc1. The van der Waals surface area contributed by atoms with Gasteiger partial charge in [0.25, 0.3) is 6.01 Å². The van der Waals surface area contributed by atoms with Crippen LogP contribution < -0.4 is 10.5 Å². The summed E-state index contributed by atoms with van der Waals surface area (Å²) in [5, 5.41) is 0. The molecule has 0 fully saturated rings. The minimum absolute atomic E-state index is 0.0129. The lowest BCUT2D eigenvalue weighted by molar-refractivity contribution is 0.0989. The summed E-state index contributed by atoms with van der Waals surface area (Å²) in [5.74, 6) is 0.697. The minimum Gasteiger partial charge on any atom is -0.497 e. The van der Waals surface area contributed by atoms with Crippen LogP contribution in [-0.4, -0.2) is 17.9 Å². The number of rotatable bonds is 3. The van der Waals surface area contributed by atoms with Crippen LogP contribution in [0.5, 0.6) is 5.75 Å². The average Bonchev–Trinajstić information content (AvgIpc) is 2.72. The van der Waals surface area contributed by atoms with Gasteiger partial charge in [0.15, 0.2) is 11.5 Å². The zero-order valence-electron chi connectivity index (χ0n) is 9.56. The summed E-state index contributed by atoms with van der Waals surface area (Å²) >= 11 is 0. The molecule has 0 atom stereocenters. The molecule has 2 rings (SSSR count). The highest BCUT2D eigenvalue weighted by Gasteiger charge is 2.17. The largest absolute Gasteiger partial charge is 0.497 e. The molecule has 1 aromatic heterocycles. The Labute approximate surface area is 98.2 Å². The van der Waals surface area contributed by atoms with Crippen LogP contribution in [0.2, 0.25) is 0 Å². The predicted octanol–water partition coefficient (Wildman–Crippen LogP) is 2.13. The highest BCUT2D eigenvalue weighted by molar-refractivity contribution is 5.97. The fourth-order valence-electron chi connectivity index (χ4n) is 1.52. The van der Waals surface area contributed by atoms with Gasteiger partial charge < -0.3 is 14.9 Å². The van der Waals surface area contributed by atoms with E-state index in [1.165, 1.54) is 6.92 Å². The van der Waals surface area contributed by atoms with Crippen molar-refractivity contribution in [1.82, 2.24) is 4.98 Å². The lowest BCUT2D eigenvalue weighted by Crippen LogP contribution is -1.93. The van der Waals surface area contributed by atoms with Crippen molar-refractivity contribution in [2.75, 3.05) is 12.8 Å². The number of hydrogen-bond acceptors (Lipinski definition) is 5. The Morgan fingerprint density at radius 2 is 2.00 bits per heavy atom. The van der Waals surface area contributed by atoms with Gasteiger partial charge in [0.05, 0.1) is 7.11 Å². The van der Waals surface area contributed by atoms with Gasteiger partial charge in [-0.25, -0.2) is 0 Å². The maximum absolute atomic E-state index is 11.4. The number of aromatic nitrogens is 1. The molecule has 1 aromatic carbocycles. The Balaban J connectivity index is 2.48. The van der Waals surface area contributed by atoms with Crippen LogP contribution in [-0.2, 0) is 0 Å². The number of ketones is 1. The Kier molecular flexibility index (Phi) is 2.82. The molecule has 0 spiro atoms. The fraction of sp³-hybridized carbons (Fsp3) is 0.167. The molecule has 2 aromatic rings. The first-order chi connectivity index (χ1) is 8.11. The van der Waals surface area contributed by atoms with Crippen molar-refractivity contribution in [3.05, 3.63) is 30.0 Å². The molecule has 17 heavy (non-hydrogen) atoms. The first-order valence-electron chi connectivity index (χ1n) is 5.03. The van der Waals surface area contributed by atoms with E-state index in [4.69, 9.17) is 14.9 Å². The highest BCUT2D eigenvalue weighted by atomic mass is 16.5. The molecule has 0 amide bonds. The third-order valence-corrected chi connectivity index (χ3v) is 2.33. The monoisotopic (exact) mass is 232 g/mol. The normalized spacial score (nSPS) is 10.2. The van der Waals surface area contributed by atoms with E-state index >= 15 is 0 Å². The summed E-state index contributed by atoms with van der Waals surface area (Å²) in [6, 6.07) is 7.14. The lowest BCUT2D eigenvalue weighted by Gasteiger charge is -2.01. The number of nitrogens with zero attached hydrogens (tertiary/aromatic N) is 1. The molecular weight excluding hydrogens is 220 g/mol. The molecule has 0 aliphatic heterocycles. The Bertz CT molecular complexity index is 543. The Morgan fingerprint density at radius 1 is 1.35 bits per heavy atom. The van der Waals surface area contributed by atoms with Crippen LogP contribution in [0.3, 0.4) is 0 Å². The molecule has 0 saturated heterocycles. The highest BCUT2D eigenvalue weighted by Crippen LogP contribution is 2.26. The molecule has 0 bridgehead atoms. The number of oxazole rings is 1. The number of hydrogen-bond donors (Lipinski definition) is 1. The van der Waals surface area contributed by atoms with Crippen molar-refractivity contribution in [2.24, 2.45) is 0 Å². The molecule has 0 unspecified atom stereocenters. The number of nitrogen functional groups attached to an aromatic ring is 1. The standard InChI is InChI=1S/C12H12N2O3/c1-7(15)11-10(14-12(13)17-11)8-3-5-9(16-2)6-4-8/h3-6H,1-2H3,(H2,13,14). The van der Waals surface area contributed by atoms with Gasteiger partial charge in [-0.1, -0.05) is 0 Å². The molecular formula is C12H12N2O3. The molecule has 2 N–H and O–H groups in total. The van der Waals surface area contributed by atoms with E-state index in [0.29, 0.717) is 5.69 Å². The topological polar surface area (TPSA) is 78.3 Å². The second-order valence-corrected chi connectivity index (χ2v) is 3.51. The summed E-state index contributed by atoms with van der Waals surface area (Å²) in [7, 11) is 1.59. The van der Waals surface area contributed by atoms with Crippen molar-refractivity contribution in [2.45, 2.75) is 6.92 Å². The van der Waals surface area contributed by atoms with E-state index in [0.717, 1.165) is 11.3 Å². The van der Waals surface area contributed by atoms with E-state index in [9.17, 15) is 4.79 Å². The minimum atomic E-state index is -0.208. The van der Waals surface area contributed by atoms with Crippen LogP contribution in [0.4, 0.5) is 6.01 Å². The van der Waals surface area contributed by atoms with E-state index in [2.05, 4.69) is 4.98 Å². The summed E-state index contributed by atoms with van der Waals surface area (Å²) in [6.45, 7) is 1.41. The smallest absolute Gasteiger partial charge is 0.293 e. The van der Waals surface area contributed by atoms with Gasteiger partial charge in [0.1, 0.15) is 11.4 Å². The molecule has 5 heteroatoms. The van der Waals surface area contributed by atoms with Crippen LogP contribution in [0.1, 0.15) is 17.5 Å². The maximum atomic E-state index is 11.4. The first-order valence-corrected chi connectivity index (χ1v) is 5.03.